The van der Waals surface area contributed by atoms with Crippen molar-refractivity contribution in [1.82, 2.24) is 0 Å². The largest absolute Gasteiger partial charge is 0.399 e. The normalized spacial score (nSPS) is 12.4. The molecular formula is C17H16N2O2. The second kappa shape index (κ2) is 6.05. The number of hydrogen-bond donors (Lipinski definition) is 1. The Labute approximate surface area is 123 Å². The smallest absolute Gasteiger partial charge is 0.276 e. The predicted octanol–water partition coefficient (Wildman–Crippen LogP) is 4.17. The number of nitrogen functional groups attached to an aromatic ring is 1. The summed E-state index contributed by atoms with van der Waals surface area (Å²) < 4.78 is 0. The first kappa shape index (κ1) is 14.5. The molecule has 0 aliphatic rings. The van der Waals surface area contributed by atoms with Crippen LogP contribution in [-0.2, 0) is 0 Å². The Morgan fingerprint density at radius 1 is 1.24 bits per heavy atom. The SMILES string of the molecule is C=C/C(=C(\C=C/C)c1ccc2ccc(N)cc2c1)[N+](=O)[O-]. The van der Waals surface area contributed by atoms with Gasteiger partial charge in [-0.15, -0.1) is 0 Å². The number of nitro groups is 1. The Balaban J connectivity index is 2.71. The van der Waals surface area contributed by atoms with E-state index in [1.807, 2.05) is 43.3 Å². The number of fused-ring (bicyclic) bond motifs is 1. The first-order valence-electron chi connectivity index (χ1n) is 6.50. The second-order valence-electron chi connectivity index (χ2n) is 4.58. The van der Waals surface area contributed by atoms with Gasteiger partial charge in [0.2, 0.25) is 0 Å². The molecular weight excluding hydrogens is 264 g/mol. The van der Waals surface area contributed by atoms with E-state index in [9.17, 15) is 10.1 Å². The van der Waals surface area contributed by atoms with Gasteiger partial charge in [0.25, 0.3) is 5.70 Å². The van der Waals surface area contributed by atoms with Crippen molar-refractivity contribution in [1.29, 1.82) is 0 Å². The van der Waals surface area contributed by atoms with Crippen molar-refractivity contribution >= 4 is 22.0 Å². The average molecular weight is 280 g/mol. The highest BCUT2D eigenvalue weighted by Gasteiger charge is 2.14. The molecule has 0 aliphatic heterocycles. The van der Waals surface area contributed by atoms with Crippen LogP contribution in [0.5, 0.6) is 0 Å². The first-order chi connectivity index (χ1) is 10.1. The molecule has 2 aromatic carbocycles. The van der Waals surface area contributed by atoms with E-state index in [1.54, 1.807) is 12.2 Å². The number of nitrogens with zero attached hydrogens (tertiary/aromatic N) is 1. The minimum absolute atomic E-state index is 0.0173. The van der Waals surface area contributed by atoms with E-state index in [4.69, 9.17) is 5.73 Å². The van der Waals surface area contributed by atoms with Gasteiger partial charge in [-0.1, -0.05) is 36.9 Å². The van der Waals surface area contributed by atoms with Gasteiger partial charge in [-0.3, -0.25) is 10.1 Å². The van der Waals surface area contributed by atoms with Crippen molar-refractivity contribution < 1.29 is 4.92 Å². The van der Waals surface area contributed by atoms with E-state index in [0.29, 0.717) is 11.3 Å². The average Bonchev–Trinajstić information content (AvgIpc) is 2.46. The molecule has 0 unspecified atom stereocenters. The molecule has 0 aliphatic carbocycles. The summed E-state index contributed by atoms with van der Waals surface area (Å²) in [6.45, 7) is 5.35. The van der Waals surface area contributed by atoms with Crippen LogP contribution in [0.15, 0.2) is 66.9 Å². The van der Waals surface area contributed by atoms with Gasteiger partial charge in [-0.25, -0.2) is 0 Å². The molecule has 2 aromatic rings. The summed E-state index contributed by atoms with van der Waals surface area (Å²) in [5.41, 5.74) is 7.73. The van der Waals surface area contributed by atoms with E-state index in [-0.39, 0.29) is 5.70 Å². The second-order valence-corrected chi connectivity index (χ2v) is 4.58. The van der Waals surface area contributed by atoms with Crippen LogP contribution in [0.25, 0.3) is 16.3 Å². The summed E-state index contributed by atoms with van der Waals surface area (Å²) in [5, 5.41) is 13.1. The van der Waals surface area contributed by atoms with Crippen LogP contribution in [0.1, 0.15) is 12.5 Å². The fraction of sp³-hybridized carbons (Fsp3) is 0.0588. The maximum absolute atomic E-state index is 11.2. The van der Waals surface area contributed by atoms with Gasteiger partial charge in [0.1, 0.15) is 0 Å². The van der Waals surface area contributed by atoms with Gasteiger partial charge in [-0.2, -0.15) is 0 Å². The van der Waals surface area contributed by atoms with Crippen LogP contribution in [0.2, 0.25) is 0 Å². The van der Waals surface area contributed by atoms with Crippen LogP contribution in [0, 0.1) is 10.1 Å². The van der Waals surface area contributed by atoms with Crippen LogP contribution in [0.4, 0.5) is 5.69 Å². The van der Waals surface area contributed by atoms with Crippen molar-refractivity contribution in [3.8, 4) is 0 Å². The highest BCUT2D eigenvalue weighted by Crippen LogP contribution is 2.26. The topological polar surface area (TPSA) is 69.2 Å². The van der Waals surface area contributed by atoms with Crippen LogP contribution in [0.3, 0.4) is 0 Å². The number of benzene rings is 2. The quantitative estimate of drug-likeness (QED) is 0.395. The van der Waals surface area contributed by atoms with Gasteiger partial charge >= 0.3 is 0 Å². The maximum atomic E-state index is 11.2. The molecule has 0 aromatic heterocycles. The Morgan fingerprint density at radius 3 is 2.57 bits per heavy atom. The van der Waals surface area contributed by atoms with E-state index in [2.05, 4.69) is 6.58 Å². The van der Waals surface area contributed by atoms with Crippen molar-refractivity contribution in [2.24, 2.45) is 0 Å². The molecule has 2 N–H and O–H groups in total. The highest BCUT2D eigenvalue weighted by atomic mass is 16.6. The van der Waals surface area contributed by atoms with Crippen LogP contribution < -0.4 is 5.73 Å². The third kappa shape index (κ3) is 3.00. The van der Waals surface area contributed by atoms with Crippen molar-refractivity contribution in [3.05, 3.63) is 82.6 Å². The Bertz CT molecular complexity index is 773. The van der Waals surface area contributed by atoms with Gasteiger partial charge < -0.3 is 5.73 Å². The fourth-order valence-corrected chi connectivity index (χ4v) is 2.21. The third-order valence-corrected chi connectivity index (χ3v) is 3.17. The summed E-state index contributed by atoms with van der Waals surface area (Å²) in [7, 11) is 0. The van der Waals surface area contributed by atoms with Gasteiger partial charge in [0, 0.05) is 11.8 Å². The molecule has 4 nitrogen and oxygen atoms in total. The number of nitrogens with two attached hydrogens (primary N) is 1. The summed E-state index contributed by atoms with van der Waals surface area (Å²) in [6.07, 6.45) is 4.75. The van der Waals surface area contributed by atoms with E-state index < -0.39 is 4.92 Å². The third-order valence-electron chi connectivity index (χ3n) is 3.17. The van der Waals surface area contributed by atoms with E-state index >= 15 is 0 Å². The monoisotopic (exact) mass is 280 g/mol. The molecule has 0 bridgehead atoms. The molecule has 106 valence electrons. The molecule has 0 spiro atoms. The highest BCUT2D eigenvalue weighted by molar-refractivity contribution is 5.90. The number of rotatable bonds is 4. The summed E-state index contributed by atoms with van der Waals surface area (Å²) >= 11 is 0. The Morgan fingerprint density at radius 2 is 1.95 bits per heavy atom. The lowest BCUT2D eigenvalue weighted by Gasteiger charge is -2.06. The van der Waals surface area contributed by atoms with Gasteiger partial charge in [0.05, 0.1) is 10.5 Å². The molecule has 21 heavy (non-hydrogen) atoms. The fourth-order valence-electron chi connectivity index (χ4n) is 2.21. The van der Waals surface area contributed by atoms with Gasteiger partial charge in [0.15, 0.2) is 0 Å². The van der Waals surface area contributed by atoms with E-state index in [1.165, 1.54) is 6.08 Å². The van der Waals surface area contributed by atoms with Crippen molar-refractivity contribution in [3.63, 3.8) is 0 Å². The van der Waals surface area contributed by atoms with Crippen molar-refractivity contribution in [2.75, 3.05) is 5.73 Å². The lowest BCUT2D eigenvalue weighted by molar-refractivity contribution is -0.417. The molecule has 4 heteroatoms. The molecule has 0 atom stereocenters. The van der Waals surface area contributed by atoms with Crippen LogP contribution >= 0.6 is 0 Å². The predicted molar refractivity (Wildman–Crippen MR) is 87.3 cm³/mol. The summed E-state index contributed by atoms with van der Waals surface area (Å²) in [4.78, 5) is 10.7. The summed E-state index contributed by atoms with van der Waals surface area (Å²) in [5.74, 6) is 0. The zero-order valence-electron chi connectivity index (χ0n) is 11.7. The standard InChI is InChI=1S/C17H16N2O2/c1-3-5-16(17(4-2)19(20)21)13-7-6-12-8-9-15(18)11-14(12)10-13/h3-11H,2,18H2,1H3/b5-3-,17-16-. The maximum Gasteiger partial charge on any atom is 0.276 e. The molecule has 0 saturated heterocycles. The number of allylic oxidation sites excluding steroid dienone is 4. The Hall–Kier alpha value is -2.88. The molecule has 0 radical (unpaired) electrons. The minimum Gasteiger partial charge on any atom is -0.399 e. The van der Waals surface area contributed by atoms with Crippen molar-refractivity contribution in [2.45, 2.75) is 6.92 Å². The minimum atomic E-state index is -0.425. The zero-order chi connectivity index (χ0) is 15.4. The number of anilines is 1. The van der Waals surface area contributed by atoms with Crippen LogP contribution in [-0.4, -0.2) is 4.92 Å². The molecule has 0 amide bonds. The lowest BCUT2D eigenvalue weighted by Crippen LogP contribution is -1.99. The van der Waals surface area contributed by atoms with E-state index in [0.717, 1.165) is 16.3 Å². The molecule has 0 fully saturated rings. The lowest BCUT2D eigenvalue weighted by atomic mass is 9.99. The summed E-state index contributed by atoms with van der Waals surface area (Å²) in [6, 6.07) is 11.3. The number of hydrogen-bond acceptors (Lipinski definition) is 3. The zero-order valence-corrected chi connectivity index (χ0v) is 11.7. The first-order valence-corrected chi connectivity index (χ1v) is 6.50. The molecule has 2 rings (SSSR count). The molecule has 0 heterocycles. The van der Waals surface area contributed by atoms with Gasteiger partial charge in [-0.05, 0) is 41.5 Å². The molecule has 0 saturated carbocycles. The Kier molecular flexibility index (Phi) is 4.18.